The van der Waals surface area contributed by atoms with Gasteiger partial charge in [-0.3, -0.25) is 9.10 Å². The molecular formula is C26H28N2O6S. The number of ether oxygens (including phenoxy) is 3. The molecule has 1 N–H and O–H groups in total. The lowest BCUT2D eigenvalue weighted by Crippen LogP contribution is -2.35. The first-order valence-corrected chi connectivity index (χ1v) is 12.6. The molecule has 1 amide bonds. The molecule has 0 aliphatic carbocycles. The van der Waals surface area contributed by atoms with Crippen molar-refractivity contribution in [1.82, 2.24) is 0 Å². The fraction of sp³-hybridized carbons (Fsp3) is 0.269. The van der Waals surface area contributed by atoms with Gasteiger partial charge in [-0.25, -0.2) is 8.42 Å². The zero-order valence-electron chi connectivity index (χ0n) is 19.9. The number of carbonyl (C=O) groups is 1. The first-order valence-electron chi connectivity index (χ1n) is 11.2. The molecule has 184 valence electrons. The Kier molecular flexibility index (Phi) is 7.16. The van der Waals surface area contributed by atoms with Crippen LogP contribution in [0.15, 0.2) is 65.6 Å². The first kappa shape index (κ1) is 24.4. The number of aryl methyl sites for hydroxylation is 2. The third-order valence-electron chi connectivity index (χ3n) is 5.83. The quantitative estimate of drug-likeness (QED) is 0.503. The van der Waals surface area contributed by atoms with Crippen LogP contribution in [0.2, 0.25) is 0 Å². The molecule has 9 heteroatoms. The maximum Gasteiger partial charge on any atom is 0.264 e. The van der Waals surface area contributed by atoms with E-state index < -0.39 is 10.0 Å². The number of amides is 1. The van der Waals surface area contributed by atoms with Crippen LogP contribution in [0.1, 0.15) is 17.5 Å². The number of nitrogens with one attached hydrogen (secondary N) is 1. The van der Waals surface area contributed by atoms with Gasteiger partial charge in [-0.2, -0.15) is 0 Å². The number of anilines is 2. The molecule has 4 rings (SSSR count). The fourth-order valence-corrected chi connectivity index (χ4v) is 5.70. The van der Waals surface area contributed by atoms with Crippen molar-refractivity contribution in [1.29, 1.82) is 0 Å². The van der Waals surface area contributed by atoms with Crippen LogP contribution in [0.3, 0.4) is 0 Å². The van der Waals surface area contributed by atoms with Crippen LogP contribution < -0.4 is 23.8 Å². The number of rotatable bonds is 8. The highest BCUT2D eigenvalue weighted by Crippen LogP contribution is 2.33. The molecule has 0 fully saturated rings. The molecule has 0 unspecified atom stereocenters. The predicted molar refractivity (Wildman–Crippen MR) is 134 cm³/mol. The van der Waals surface area contributed by atoms with Crippen molar-refractivity contribution in [2.24, 2.45) is 0 Å². The van der Waals surface area contributed by atoms with Crippen molar-refractivity contribution in [3.8, 4) is 17.2 Å². The number of hydrogen-bond acceptors (Lipinski definition) is 6. The first-order chi connectivity index (χ1) is 16.8. The van der Waals surface area contributed by atoms with Crippen LogP contribution in [0.4, 0.5) is 11.4 Å². The van der Waals surface area contributed by atoms with Gasteiger partial charge in [0.2, 0.25) is 0 Å². The standard InChI is InChI=1S/C26H28N2O6S/c1-18-15-21(35(30,31)28-14-6-8-19-7-4-5-9-22(19)28)11-13-23(18)34-17-26(29)27-20-10-12-24(32-2)25(16-20)33-3/h4-5,7,9-13,15-16H,6,8,14,17H2,1-3H3,(H,27,29). The minimum absolute atomic E-state index is 0.189. The summed E-state index contributed by atoms with van der Waals surface area (Å²) in [5.74, 6) is 1.12. The minimum Gasteiger partial charge on any atom is -0.493 e. The number of para-hydroxylation sites is 1. The molecule has 1 aliphatic rings. The van der Waals surface area contributed by atoms with Crippen molar-refractivity contribution in [3.63, 3.8) is 0 Å². The SMILES string of the molecule is COc1ccc(NC(=O)COc2ccc(S(=O)(=O)N3CCCc4ccccc43)cc2C)cc1OC. The number of sulfonamides is 1. The van der Waals surface area contributed by atoms with Crippen LogP contribution in [0.25, 0.3) is 0 Å². The maximum absolute atomic E-state index is 13.4. The van der Waals surface area contributed by atoms with E-state index in [2.05, 4.69) is 5.32 Å². The Hall–Kier alpha value is -3.72. The molecule has 0 radical (unpaired) electrons. The second kappa shape index (κ2) is 10.3. The molecular weight excluding hydrogens is 468 g/mol. The van der Waals surface area contributed by atoms with Gasteiger partial charge in [-0.1, -0.05) is 18.2 Å². The average Bonchev–Trinajstić information content (AvgIpc) is 2.87. The Morgan fingerprint density at radius 2 is 1.71 bits per heavy atom. The van der Waals surface area contributed by atoms with Crippen LogP contribution in [0, 0.1) is 6.92 Å². The highest BCUT2D eigenvalue weighted by molar-refractivity contribution is 7.92. The second-order valence-electron chi connectivity index (χ2n) is 8.14. The number of hydrogen-bond donors (Lipinski definition) is 1. The highest BCUT2D eigenvalue weighted by atomic mass is 32.2. The van der Waals surface area contributed by atoms with Gasteiger partial charge in [-0.05, 0) is 67.3 Å². The molecule has 0 spiro atoms. The molecule has 0 atom stereocenters. The Morgan fingerprint density at radius 3 is 2.46 bits per heavy atom. The van der Waals surface area contributed by atoms with Crippen LogP contribution in [-0.2, 0) is 21.2 Å². The summed E-state index contributed by atoms with van der Waals surface area (Å²) >= 11 is 0. The van der Waals surface area contributed by atoms with Crippen molar-refractivity contribution >= 4 is 27.3 Å². The van der Waals surface area contributed by atoms with Crippen molar-refractivity contribution in [2.75, 3.05) is 37.0 Å². The molecule has 0 aromatic heterocycles. The van der Waals surface area contributed by atoms with E-state index in [1.807, 2.05) is 24.3 Å². The minimum atomic E-state index is -3.72. The zero-order chi connectivity index (χ0) is 25.0. The van der Waals surface area contributed by atoms with E-state index in [-0.39, 0.29) is 17.4 Å². The third kappa shape index (κ3) is 5.19. The Balaban J connectivity index is 1.44. The molecule has 0 saturated carbocycles. The Bertz CT molecular complexity index is 1340. The van der Waals surface area contributed by atoms with E-state index in [4.69, 9.17) is 14.2 Å². The van der Waals surface area contributed by atoms with Crippen molar-refractivity contribution in [3.05, 3.63) is 71.8 Å². The average molecular weight is 497 g/mol. The van der Waals surface area contributed by atoms with Crippen molar-refractivity contribution in [2.45, 2.75) is 24.7 Å². The number of benzene rings is 3. The number of carbonyl (C=O) groups excluding carboxylic acids is 1. The van der Waals surface area contributed by atoms with Gasteiger partial charge in [0.05, 0.1) is 24.8 Å². The molecule has 1 heterocycles. The topological polar surface area (TPSA) is 94.2 Å². The van der Waals surface area contributed by atoms with Crippen LogP contribution >= 0.6 is 0 Å². The summed E-state index contributed by atoms with van der Waals surface area (Å²) in [6, 6.07) is 17.3. The number of nitrogens with zero attached hydrogens (tertiary/aromatic N) is 1. The molecule has 8 nitrogen and oxygen atoms in total. The summed E-state index contributed by atoms with van der Waals surface area (Å²) in [6.07, 6.45) is 1.63. The summed E-state index contributed by atoms with van der Waals surface area (Å²) in [6.45, 7) is 1.96. The van der Waals surface area contributed by atoms with E-state index >= 15 is 0 Å². The Morgan fingerprint density at radius 1 is 0.971 bits per heavy atom. The zero-order valence-corrected chi connectivity index (χ0v) is 20.7. The normalized spacial score (nSPS) is 13.1. The van der Waals surface area contributed by atoms with Gasteiger partial charge >= 0.3 is 0 Å². The summed E-state index contributed by atoms with van der Waals surface area (Å²) in [7, 11) is -0.670. The lowest BCUT2D eigenvalue weighted by atomic mass is 10.0. The fourth-order valence-electron chi connectivity index (χ4n) is 4.07. The second-order valence-corrected chi connectivity index (χ2v) is 10.0. The maximum atomic E-state index is 13.4. The molecule has 3 aromatic carbocycles. The number of methoxy groups -OCH3 is 2. The van der Waals surface area contributed by atoms with Gasteiger partial charge < -0.3 is 19.5 Å². The summed E-state index contributed by atoms with van der Waals surface area (Å²) in [5, 5.41) is 2.74. The highest BCUT2D eigenvalue weighted by Gasteiger charge is 2.29. The van der Waals surface area contributed by atoms with E-state index in [0.717, 1.165) is 24.1 Å². The lowest BCUT2D eigenvalue weighted by Gasteiger charge is -2.30. The smallest absolute Gasteiger partial charge is 0.264 e. The lowest BCUT2D eigenvalue weighted by molar-refractivity contribution is -0.118. The molecule has 3 aromatic rings. The monoisotopic (exact) mass is 496 g/mol. The number of fused-ring (bicyclic) bond motifs is 1. The van der Waals surface area contributed by atoms with Gasteiger partial charge in [0.1, 0.15) is 5.75 Å². The van der Waals surface area contributed by atoms with Crippen LogP contribution in [0.5, 0.6) is 17.2 Å². The van der Waals surface area contributed by atoms with Gasteiger partial charge in [0.25, 0.3) is 15.9 Å². The summed E-state index contributed by atoms with van der Waals surface area (Å²) < 4.78 is 44.3. The molecule has 35 heavy (non-hydrogen) atoms. The third-order valence-corrected chi connectivity index (χ3v) is 7.64. The van der Waals surface area contributed by atoms with Crippen molar-refractivity contribution < 1.29 is 27.4 Å². The molecule has 0 saturated heterocycles. The molecule has 0 bridgehead atoms. The summed E-state index contributed by atoms with van der Waals surface area (Å²) in [5.41, 5.74) is 2.91. The predicted octanol–water partition coefficient (Wildman–Crippen LogP) is 4.17. The van der Waals surface area contributed by atoms with E-state index in [1.54, 1.807) is 37.3 Å². The van der Waals surface area contributed by atoms with E-state index in [1.165, 1.54) is 24.6 Å². The Labute approximate surface area is 205 Å². The van der Waals surface area contributed by atoms with Crippen LogP contribution in [-0.4, -0.2) is 41.7 Å². The molecule has 1 aliphatic heterocycles. The van der Waals surface area contributed by atoms with E-state index in [9.17, 15) is 13.2 Å². The van der Waals surface area contributed by atoms with E-state index in [0.29, 0.717) is 35.0 Å². The summed E-state index contributed by atoms with van der Waals surface area (Å²) in [4.78, 5) is 12.6. The van der Waals surface area contributed by atoms with Gasteiger partial charge in [-0.15, -0.1) is 0 Å². The van der Waals surface area contributed by atoms with Gasteiger partial charge in [0.15, 0.2) is 18.1 Å². The van der Waals surface area contributed by atoms with Gasteiger partial charge in [0, 0.05) is 18.3 Å². The largest absolute Gasteiger partial charge is 0.493 e.